The molecule has 2 aromatic carbocycles. The molecule has 0 aliphatic carbocycles. The van der Waals surface area contributed by atoms with Crippen LogP contribution in [0.3, 0.4) is 0 Å². The highest BCUT2D eigenvalue weighted by Gasteiger charge is 2.30. The van der Waals surface area contributed by atoms with Crippen LogP contribution in [0.15, 0.2) is 48.5 Å². The van der Waals surface area contributed by atoms with E-state index in [0.717, 1.165) is 27.9 Å². The number of methoxy groups -OCH3 is 2. The minimum atomic E-state index is -0.620. The number of carbonyl (C=O) groups is 1. The fourth-order valence-electron chi connectivity index (χ4n) is 3.34. The average Bonchev–Trinajstić information content (AvgIpc) is 2.98. The quantitative estimate of drug-likeness (QED) is 0.554. The third-order valence-electron chi connectivity index (χ3n) is 4.81. The van der Waals surface area contributed by atoms with E-state index in [2.05, 4.69) is 16.7 Å². The topological polar surface area (TPSA) is 40.5 Å². The van der Waals surface area contributed by atoms with Crippen LogP contribution >= 0.6 is 11.6 Å². The Morgan fingerprint density at radius 3 is 2.41 bits per heavy atom. The molecule has 4 nitrogen and oxygen atoms in total. The zero-order valence-electron chi connectivity index (χ0n) is 16.1. The molecule has 3 aromatic rings. The van der Waals surface area contributed by atoms with Gasteiger partial charge in [-0.1, -0.05) is 23.7 Å². The van der Waals surface area contributed by atoms with Crippen LogP contribution in [0.2, 0.25) is 5.02 Å². The number of fused-ring (bicyclic) bond motifs is 1. The highest BCUT2D eigenvalue weighted by molar-refractivity contribution is 6.30. The first-order valence-electron chi connectivity index (χ1n) is 8.83. The molecule has 27 heavy (non-hydrogen) atoms. The summed E-state index contributed by atoms with van der Waals surface area (Å²) >= 11 is 6.02. The molecule has 1 heterocycles. The van der Waals surface area contributed by atoms with Crippen molar-refractivity contribution in [2.45, 2.75) is 26.8 Å². The Morgan fingerprint density at radius 2 is 1.78 bits per heavy atom. The highest BCUT2D eigenvalue weighted by Crippen LogP contribution is 2.30. The number of ether oxygens (including phenoxy) is 2. The lowest BCUT2D eigenvalue weighted by Gasteiger charge is -2.22. The van der Waals surface area contributed by atoms with E-state index in [1.54, 1.807) is 7.11 Å². The molecular weight excluding hydrogens is 362 g/mol. The predicted octanol–water partition coefficient (Wildman–Crippen LogP) is 5.09. The minimum absolute atomic E-state index is 0.219. The van der Waals surface area contributed by atoms with Crippen LogP contribution in [0.25, 0.3) is 10.9 Å². The van der Waals surface area contributed by atoms with Crippen LogP contribution in [-0.2, 0) is 22.5 Å². The molecule has 0 spiro atoms. The number of esters is 1. The van der Waals surface area contributed by atoms with Crippen LogP contribution in [0.4, 0.5) is 0 Å². The maximum atomic E-state index is 12.2. The Morgan fingerprint density at radius 1 is 1.07 bits per heavy atom. The molecule has 0 N–H and O–H groups in total. The van der Waals surface area contributed by atoms with Crippen molar-refractivity contribution in [1.82, 2.24) is 4.57 Å². The highest BCUT2D eigenvalue weighted by atomic mass is 35.5. The fraction of sp³-hybridized carbons (Fsp3) is 0.318. The number of hydrogen-bond acceptors (Lipinski definition) is 3. The molecular formula is C22H24ClNO3. The first-order valence-corrected chi connectivity index (χ1v) is 9.21. The first kappa shape index (κ1) is 19.3. The molecule has 5 heteroatoms. The zero-order valence-corrected chi connectivity index (χ0v) is 16.8. The predicted molar refractivity (Wildman–Crippen MR) is 109 cm³/mol. The van der Waals surface area contributed by atoms with Gasteiger partial charge in [0.1, 0.15) is 5.75 Å². The second-order valence-electron chi connectivity index (χ2n) is 7.33. The molecule has 0 bridgehead atoms. The summed E-state index contributed by atoms with van der Waals surface area (Å²) in [5, 5.41) is 1.80. The van der Waals surface area contributed by atoms with Gasteiger partial charge in [-0.15, -0.1) is 0 Å². The second kappa shape index (κ2) is 7.65. The first-order chi connectivity index (χ1) is 12.8. The van der Waals surface area contributed by atoms with Gasteiger partial charge in [-0.3, -0.25) is 4.79 Å². The van der Waals surface area contributed by atoms with Gasteiger partial charge in [0.25, 0.3) is 0 Å². The van der Waals surface area contributed by atoms with Crippen molar-refractivity contribution < 1.29 is 14.3 Å². The minimum Gasteiger partial charge on any atom is -0.497 e. The van der Waals surface area contributed by atoms with Gasteiger partial charge in [0.15, 0.2) is 0 Å². The van der Waals surface area contributed by atoms with Gasteiger partial charge in [-0.25, -0.2) is 0 Å². The lowest BCUT2D eigenvalue weighted by Crippen LogP contribution is -2.29. The van der Waals surface area contributed by atoms with E-state index in [4.69, 9.17) is 21.1 Å². The molecule has 0 aliphatic rings. The Balaban J connectivity index is 2.07. The Kier molecular flexibility index (Phi) is 5.47. The summed E-state index contributed by atoms with van der Waals surface area (Å²) in [5.41, 5.74) is 2.69. The number of benzene rings is 2. The van der Waals surface area contributed by atoms with Crippen molar-refractivity contribution in [2.24, 2.45) is 5.41 Å². The van der Waals surface area contributed by atoms with E-state index in [-0.39, 0.29) is 5.97 Å². The molecule has 3 rings (SSSR count). The lowest BCUT2D eigenvalue weighted by molar-refractivity contribution is -0.150. The Bertz CT molecular complexity index is 958. The molecule has 0 saturated heterocycles. The molecule has 0 radical (unpaired) electrons. The van der Waals surface area contributed by atoms with Crippen molar-refractivity contribution in [2.75, 3.05) is 14.2 Å². The summed E-state index contributed by atoms with van der Waals surface area (Å²) in [4.78, 5) is 12.2. The van der Waals surface area contributed by atoms with Crippen LogP contribution in [0, 0.1) is 5.41 Å². The molecule has 0 atom stereocenters. The molecule has 0 fully saturated rings. The summed E-state index contributed by atoms with van der Waals surface area (Å²) < 4.78 is 12.6. The maximum absolute atomic E-state index is 12.2. The zero-order chi connectivity index (χ0) is 19.6. The second-order valence-corrected chi connectivity index (χ2v) is 7.76. The monoisotopic (exact) mass is 385 g/mol. The molecule has 142 valence electrons. The number of carbonyl (C=O) groups excluding carboxylic acids is 1. The van der Waals surface area contributed by atoms with E-state index in [9.17, 15) is 4.79 Å². The van der Waals surface area contributed by atoms with E-state index in [1.807, 2.05) is 50.2 Å². The molecule has 0 unspecified atom stereocenters. The molecule has 0 aliphatic heterocycles. The third kappa shape index (κ3) is 4.11. The summed E-state index contributed by atoms with van der Waals surface area (Å²) in [6, 6.07) is 16.0. The Hall–Kier alpha value is -2.46. The van der Waals surface area contributed by atoms with E-state index < -0.39 is 5.41 Å². The summed E-state index contributed by atoms with van der Waals surface area (Å²) in [6.45, 7) is 4.51. The molecule has 0 saturated carbocycles. The molecule has 0 amide bonds. The van der Waals surface area contributed by atoms with Crippen molar-refractivity contribution in [3.8, 4) is 5.75 Å². The van der Waals surface area contributed by atoms with Crippen molar-refractivity contribution >= 4 is 28.5 Å². The van der Waals surface area contributed by atoms with Gasteiger partial charge >= 0.3 is 5.97 Å². The van der Waals surface area contributed by atoms with Crippen LogP contribution in [0.1, 0.15) is 25.1 Å². The number of hydrogen-bond donors (Lipinski definition) is 0. The number of halogens is 1. The maximum Gasteiger partial charge on any atom is 0.311 e. The van der Waals surface area contributed by atoms with Crippen molar-refractivity contribution in [3.05, 3.63) is 64.8 Å². The lowest BCUT2D eigenvalue weighted by atomic mass is 9.88. The summed E-state index contributed by atoms with van der Waals surface area (Å²) in [5.74, 6) is 0.591. The number of nitrogens with zero attached hydrogens (tertiary/aromatic N) is 1. The third-order valence-corrected chi connectivity index (χ3v) is 5.06. The summed E-state index contributed by atoms with van der Waals surface area (Å²) in [7, 11) is 3.09. The summed E-state index contributed by atoms with van der Waals surface area (Å²) in [6.07, 6.45) is 0.574. The van der Waals surface area contributed by atoms with Gasteiger partial charge in [0, 0.05) is 34.6 Å². The van der Waals surface area contributed by atoms with Gasteiger partial charge < -0.3 is 14.0 Å². The Labute approximate surface area is 164 Å². The fourth-order valence-corrected chi connectivity index (χ4v) is 3.47. The standard InChI is InChI=1S/C22H24ClNO3/c1-22(2,21(25)27-4)13-18-11-16-12-19(26-3)9-10-20(16)24(18)14-15-5-7-17(23)8-6-15/h5-12H,13-14H2,1-4H3. The normalized spacial score (nSPS) is 11.6. The number of aromatic nitrogens is 1. The smallest absolute Gasteiger partial charge is 0.311 e. The van der Waals surface area contributed by atoms with Crippen LogP contribution < -0.4 is 4.74 Å². The van der Waals surface area contributed by atoms with Gasteiger partial charge in [0.2, 0.25) is 0 Å². The molecule has 1 aromatic heterocycles. The average molecular weight is 386 g/mol. The van der Waals surface area contributed by atoms with E-state index >= 15 is 0 Å². The SMILES string of the molecule is COC(=O)C(C)(C)Cc1cc2cc(OC)ccc2n1Cc1ccc(Cl)cc1. The van der Waals surface area contributed by atoms with Gasteiger partial charge in [-0.2, -0.15) is 0 Å². The van der Waals surface area contributed by atoms with Gasteiger partial charge in [-0.05, 0) is 55.8 Å². The van der Waals surface area contributed by atoms with Gasteiger partial charge in [0.05, 0.1) is 19.6 Å². The number of rotatable bonds is 6. The van der Waals surface area contributed by atoms with Crippen molar-refractivity contribution in [3.63, 3.8) is 0 Å². The van der Waals surface area contributed by atoms with Crippen LogP contribution in [0.5, 0.6) is 5.75 Å². The largest absolute Gasteiger partial charge is 0.497 e. The van der Waals surface area contributed by atoms with Crippen LogP contribution in [-0.4, -0.2) is 24.8 Å². The van der Waals surface area contributed by atoms with E-state index in [1.165, 1.54) is 7.11 Å². The van der Waals surface area contributed by atoms with E-state index in [0.29, 0.717) is 18.0 Å². The van der Waals surface area contributed by atoms with Crippen molar-refractivity contribution in [1.29, 1.82) is 0 Å².